The van der Waals surface area contributed by atoms with Crippen molar-refractivity contribution in [1.82, 2.24) is 9.97 Å². The second-order valence-electron chi connectivity index (χ2n) is 5.95. The van der Waals surface area contributed by atoms with Gasteiger partial charge in [-0.1, -0.05) is 61.2 Å². The van der Waals surface area contributed by atoms with Crippen LogP contribution in [-0.4, -0.2) is 9.97 Å². The number of aromatic amines is 1. The number of nitrogens with two attached hydrogens (primary N) is 1. The Kier molecular flexibility index (Phi) is 5.84. The number of halogens is 2. The molecule has 28 heavy (non-hydrogen) atoms. The van der Waals surface area contributed by atoms with Crippen LogP contribution in [0.25, 0.3) is 22.9 Å². The molecule has 0 spiro atoms. The van der Waals surface area contributed by atoms with E-state index >= 15 is 0 Å². The average molecular weight is 399 g/mol. The molecule has 3 rings (SSSR count). The molecule has 2 heterocycles. The van der Waals surface area contributed by atoms with Crippen LogP contribution in [0.3, 0.4) is 0 Å². The molecule has 0 aliphatic heterocycles. The Morgan fingerprint density at radius 3 is 2.64 bits per heavy atom. The van der Waals surface area contributed by atoms with Crippen LogP contribution in [0.5, 0.6) is 0 Å². The fourth-order valence-electron chi connectivity index (χ4n) is 2.67. The van der Waals surface area contributed by atoms with Crippen molar-refractivity contribution in [1.29, 1.82) is 0 Å². The Morgan fingerprint density at radius 2 is 1.89 bits per heavy atom. The number of anilines is 1. The van der Waals surface area contributed by atoms with Crippen molar-refractivity contribution in [2.75, 3.05) is 5.73 Å². The van der Waals surface area contributed by atoms with E-state index < -0.39 is 5.25 Å². The Morgan fingerprint density at radius 1 is 1.14 bits per heavy atom. The first-order valence-electron chi connectivity index (χ1n) is 8.49. The van der Waals surface area contributed by atoms with E-state index in [4.69, 9.17) is 10.2 Å². The van der Waals surface area contributed by atoms with Crippen molar-refractivity contribution in [3.63, 3.8) is 0 Å². The topological polar surface area (TPSA) is 67.8 Å². The van der Waals surface area contributed by atoms with Crippen LogP contribution in [0.2, 0.25) is 0 Å². The summed E-state index contributed by atoms with van der Waals surface area (Å²) >= 11 is 3.38. The molecule has 3 N–H and O–H groups in total. The molecular weight excluding hydrogens is 380 g/mol. The SMILES string of the molecule is C=C/C=C\C=C/Cc1[nH]c(-c2ccc(-c3ccccc3C(F)(F)S)o2)nc1N. The van der Waals surface area contributed by atoms with E-state index in [1.165, 1.54) is 12.1 Å². The fourth-order valence-corrected chi connectivity index (χ4v) is 2.87. The molecular formula is C21H19F2N3OS. The van der Waals surface area contributed by atoms with E-state index in [0.29, 0.717) is 29.6 Å². The van der Waals surface area contributed by atoms with Gasteiger partial charge < -0.3 is 15.1 Å². The van der Waals surface area contributed by atoms with E-state index in [0.717, 1.165) is 5.69 Å². The monoisotopic (exact) mass is 399 g/mol. The lowest BCUT2D eigenvalue weighted by Crippen LogP contribution is -2.05. The summed E-state index contributed by atoms with van der Waals surface area (Å²) in [4.78, 5) is 7.38. The zero-order valence-corrected chi connectivity index (χ0v) is 15.8. The summed E-state index contributed by atoms with van der Waals surface area (Å²) in [7, 11) is 0. The highest BCUT2D eigenvalue weighted by atomic mass is 32.1. The molecule has 1 aromatic carbocycles. The maximum atomic E-state index is 13.8. The molecule has 0 radical (unpaired) electrons. The standard InChI is InChI=1S/C21H19F2N3OS/c1-2-3-4-5-6-11-16-19(24)26-20(25-16)18-13-12-17(27-18)14-9-7-8-10-15(14)21(22,23)28/h2-10,12-13,28H,1,11,24H2,(H,25,26)/b4-3-,6-5-. The lowest BCUT2D eigenvalue weighted by atomic mass is 10.1. The van der Waals surface area contributed by atoms with E-state index in [1.54, 1.807) is 30.3 Å². The lowest BCUT2D eigenvalue weighted by molar-refractivity contribution is 0.108. The number of H-pyrrole nitrogens is 1. The van der Waals surface area contributed by atoms with Crippen LogP contribution in [0.15, 0.2) is 77.8 Å². The van der Waals surface area contributed by atoms with Crippen molar-refractivity contribution in [3.8, 4) is 22.9 Å². The number of furan rings is 1. The van der Waals surface area contributed by atoms with Gasteiger partial charge in [-0.15, -0.1) is 12.6 Å². The number of rotatable bonds is 7. The van der Waals surface area contributed by atoms with Crippen LogP contribution >= 0.6 is 12.6 Å². The highest BCUT2D eigenvalue weighted by Crippen LogP contribution is 2.39. The van der Waals surface area contributed by atoms with Gasteiger partial charge in [0.05, 0.1) is 5.69 Å². The van der Waals surface area contributed by atoms with Gasteiger partial charge in [-0.3, -0.25) is 0 Å². The highest BCUT2D eigenvalue weighted by Gasteiger charge is 2.30. The molecule has 0 unspecified atom stereocenters. The summed E-state index contributed by atoms with van der Waals surface area (Å²) < 4.78 is 33.3. The Labute approximate surface area is 166 Å². The number of benzene rings is 1. The first-order valence-corrected chi connectivity index (χ1v) is 8.93. The Bertz CT molecular complexity index is 1030. The van der Waals surface area contributed by atoms with Crippen LogP contribution in [-0.2, 0) is 11.7 Å². The number of aromatic nitrogens is 2. The summed E-state index contributed by atoms with van der Waals surface area (Å²) in [6.45, 7) is 3.60. The maximum absolute atomic E-state index is 13.8. The minimum atomic E-state index is -3.28. The first-order chi connectivity index (χ1) is 13.4. The largest absolute Gasteiger partial charge is 0.453 e. The van der Waals surface area contributed by atoms with Crippen molar-refractivity contribution < 1.29 is 13.2 Å². The molecule has 144 valence electrons. The highest BCUT2D eigenvalue weighted by molar-refractivity contribution is 7.81. The van der Waals surface area contributed by atoms with Crippen LogP contribution in [0.1, 0.15) is 11.3 Å². The van der Waals surface area contributed by atoms with Crippen molar-refractivity contribution >= 4 is 18.4 Å². The number of allylic oxidation sites excluding steroid dienone is 5. The molecule has 0 aliphatic carbocycles. The quantitative estimate of drug-likeness (QED) is 0.351. The van der Waals surface area contributed by atoms with Gasteiger partial charge in [0.2, 0.25) is 0 Å². The Hall–Kier alpha value is -3.06. The molecule has 0 amide bonds. The average Bonchev–Trinajstić information content (AvgIpc) is 3.28. The molecule has 3 aromatic rings. The smallest absolute Gasteiger partial charge is 0.317 e. The zero-order chi connectivity index (χ0) is 20.1. The molecule has 2 aromatic heterocycles. The van der Waals surface area contributed by atoms with Gasteiger partial charge in [0, 0.05) is 17.5 Å². The van der Waals surface area contributed by atoms with Gasteiger partial charge in [0.1, 0.15) is 11.6 Å². The number of hydrogen-bond acceptors (Lipinski definition) is 4. The van der Waals surface area contributed by atoms with Gasteiger partial charge in [-0.05, 0) is 12.1 Å². The Balaban J connectivity index is 1.86. The number of imidazole rings is 1. The summed E-state index contributed by atoms with van der Waals surface area (Å²) in [5.74, 6) is 1.49. The fraction of sp³-hybridized carbons (Fsp3) is 0.0952. The third kappa shape index (κ3) is 4.43. The second-order valence-corrected chi connectivity index (χ2v) is 6.51. The zero-order valence-electron chi connectivity index (χ0n) is 14.9. The predicted molar refractivity (Wildman–Crippen MR) is 111 cm³/mol. The summed E-state index contributed by atoms with van der Waals surface area (Å²) in [5.41, 5.74) is 6.74. The van der Waals surface area contributed by atoms with Gasteiger partial charge >= 0.3 is 5.25 Å². The van der Waals surface area contributed by atoms with E-state index in [1.807, 2.05) is 24.3 Å². The van der Waals surface area contributed by atoms with Gasteiger partial charge in [0.15, 0.2) is 11.6 Å². The number of nitrogens with zero attached hydrogens (tertiary/aromatic N) is 1. The third-order valence-corrected chi connectivity index (χ3v) is 4.22. The molecule has 7 heteroatoms. The summed E-state index contributed by atoms with van der Waals surface area (Å²) in [6.07, 6.45) is 9.71. The molecule has 0 atom stereocenters. The summed E-state index contributed by atoms with van der Waals surface area (Å²) in [5, 5.41) is -3.28. The molecule has 4 nitrogen and oxygen atoms in total. The number of hydrogen-bond donors (Lipinski definition) is 3. The van der Waals surface area contributed by atoms with Gasteiger partial charge in [0.25, 0.3) is 0 Å². The van der Waals surface area contributed by atoms with E-state index in [2.05, 4.69) is 29.2 Å². The van der Waals surface area contributed by atoms with Gasteiger partial charge in [-0.2, -0.15) is 8.78 Å². The van der Waals surface area contributed by atoms with E-state index in [-0.39, 0.29) is 11.1 Å². The van der Waals surface area contributed by atoms with Gasteiger partial charge in [-0.25, -0.2) is 4.98 Å². The minimum absolute atomic E-state index is 0.225. The minimum Gasteiger partial charge on any atom is -0.453 e. The number of alkyl halides is 2. The predicted octanol–water partition coefficient (Wildman–Crippen LogP) is 5.74. The molecule has 0 saturated heterocycles. The van der Waals surface area contributed by atoms with Crippen LogP contribution < -0.4 is 5.73 Å². The van der Waals surface area contributed by atoms with E-state index in [9.17, 15) is 8.78 Å². The van der Waals surface area contributed by atoms with Crippen molar-refractivity contribution in [2.24, 2.45) is 0 Å². The van der Waals surface area contributed by atoms with Crippen molar-refractivity contribution in [2.45, 2.75) is 11.7 Å². The number of nitrogens with one attached hydrogen (secondary N) is 1. The molecule has 0 saturated carbocycles. The maximum Gasteiger partial charge on any atom is 0.317 e. The van der Waals surface area contributed by atoms with Crippen molar-refractivity contribution in [3.05, 3.63) is 84.6 Å². The summed E-state index contributed by atoms with van der Waals surface area (Å²) in [6, 6.07) is 9.35. The molecule has 0 fully saturated rings. The number of nitrogen functional groups attached to an aromatic ring is 1. The molecule has 0 bridgehead atoms. The molecule has 0 aliphatic rings. The van der Waals surface area contributed by atoms with Crippen LogP contribution in [0, 0.1) is 0 Å². The normalized spacial score (nSPS) is 12.2. The lowest BCUT2D eigenvalue weighted by Gasteiger charge is -2.13. The third-order valence-electron chi connectivity index (χ3n) is 3.98. The second kappa shape index (κ2) is 8.31. The first kappa shape index (κ1) is 19.7. The number of thiol groups is 1. The van der Waals surface area contributed by atoms with Crippen LogP contribution in [0.4, 0.5) is 14.6 Å².